The van der Waals surface area contributed by atoms with Crippen molar-refractivity contribution in [3.05, 3.63) is 20.8 Å². The summed E-state index contributed by atoms with van der Waals surface area (Å²) >= 11 is 4.87. The Kier molecular flexibility index (Phi) is 3.61. The summed E-state index contributed by atoms with van der Waals surface area (Å²) in [6.45, 7) is 5.75. The molecule has 2 heterocycles. The molecule has 17 heavy (non-hydrogen) atoms. The highest BCUT2D eigenvalue weighted by Crippen LogP contribution is 2.30. The van der Waals surface area contributed by atoms with Gasteiger partial charge >= 0.3 is 0 Å². The van der Waals surface area contributed by atoms with Crippen molar-refractivity contribution in [1.82, 2.24) is 4.90 Å². The van der Waals surface area contributed by atoms with Crippen LogP contribution in [-0.2, 0) is 0 Å². The van der Waals surface area contributed by atoms with E-state index in [9.17, 15) is 4.79 Å². The lowest BCUT2D eigenvalue weighted by atomic mass is 9.79. The van der Waals surface area contributed by atoms with Gasteiger partial charge in [-0.1, -0.05) is 13.8 Å². The van der Waals surface area contributed by atoms with Crippen molar-refractivity contribution < 1.29 is 4.79 Å². The van der Waals surface area contributed by atoms with Crippen LogP contribution in [0.4, 0.5) is 0 Å². The zero-order chi connectivity index (χ0) is 12.6. The molecule has 94 valence electrons. The molecule has 0 radical (unpaired) electrons. The molecule has 1 aromatic rings. The molecule has 2 N–H and O–H groups in total. The molecule has 1 atom stereocenters. The van der Waals surface area contributed by atoms with Crippen LogP contribution in [0.5, 0.6) is 0 Å². The predicted octanol–water partition coefficient (Wildman–Crippen LogP) is 2.71. The molecule has 0 spiro atoms. The maximum Gasteiger partial charge on any atom is 0.263 e. The zero-order valence-electron chi connectivity index (χ0n) is 10.1. The predicted molar refractivity (Wildman–Crippen MR) is 74.3 cm³/mol. The molecule has 1 fully saturated rings. The van der Waals surface area contributed by atoms with Crippen LogP contribution in [-0.4, -0.2) is 29.9 Å². The molecule has 0 saturated carbocycles. The quantitative estimate of drug-likeness (QED) is 0.866. The number of piperidine rings is 1. The smallest absolute Gasteiger partial charge is 0.263 e. The first-order chi connectivity index (χ1) is 7.90. The number of likely N-dealkylation sites (tertiary alicyclic amines) is 1. The maximum absolute atomic E-state index is 12.3. The van der Waals surface area contributed by atoms with Crippen molar-refractivity contribution in [3.8, 4) is 0 Å². The second-order valence-corrected chi connectivity index (χ2v) is 7.68. The SMILES string of the molecule is CC1(C)CN(C(=O)c2ccc(Br)s2)CCC1N. The van der Waals surface area contributed by atoms with Gasteiger partial charge in [0, 0.05) is 19.1 Å². The maximum atomic E-state index is 12.3. The summed E-state index contributed by atoms with van der Waals surface area (Å²) < 4.78 is 0.994. The van der Waals surface area contributed by atoms with Crippen LogP contribution in [0.3, 0.4) is 0 Å². The van der Waals surface area contributed by atoms with E-state index < -0.39 is 0 Å². The van der Waals surface area contributed by atoms with E-state index >= 15 is 0 Å². The van der Waals surface area contributed by atoms with Gasteiger partial charge in [-0.25, -0.2) is 0 Å². The number of nitrogens with two attached hydrogens (primary N) is 1. The first-order valence-electron chi connectivity index (χ1n) is 5.70. The molecule has 0 aromatic carbocycles. The summed E-state index contributed by atoms with van der Waals surface area (Å²) in [4.78, 5) is 15.0. The second-order valence-electron chi connectivity index (χ2n) is 5.21. The molecule has 1 aliphatic rings. The van der Waals surface area contributed by atoms with Gasteiger partial charge in [-0.05, 0) is 39.9 Å². The number of rotatable bonds is 1. The Bertz CT molecular complexity index is 430. The van der Waals surface area contributed by atoms with Crippen molar-refractivity contribution >= 4 is 33.2 Å². The zero-order valence-corrected chi connectivity index (χ0v) is 12.5. The Hall–Kier alpha value is -0.390. The van der Waals surface area contributed by atoms with Crippen molar-refractivity contribution in [2.24, 2.45) is 11.1 Å². The number of amides is 1. The lowest BCUT2D eigenvalue weighted by Crippen LogP contribution is -2.53. The Morgan fingerprint density at radius 1 is 1.59 bits per heavy atom. The first-order valence-corrected chi connectivity index (χ1v) is 7.31. The number of hydrogen-bond acceptors (Lipinski definition) is 3. The van der Waals surface area contributed by atoms with Crippen LogP contribution in [0, 0.1) is 5.41 Å². The van der Waals surface area contributed by atoms with Gasteiger partial charge < -0.3 is 10.6 Å². The Morgan fingerprint density at radius 2 is 2.29 bits per heavy atom. The molecule has 3 nitrogen and oxygen atoms in total. The number of nitrogens with zero attached hydrogens (tertiary/aromatic N) is 1. The van der Waals surface area contributed by atoms with Gasteiger partial charge in [0.15, 0.2) is 0 Å². The third kappa shape index (κ3) is 2.72. The molecule has 0 aliphatic carbocycles. The molecule has 1 saturated heterocycles. The van der Waals surface area contributed by atoms with Crippen LogP contribution < -0.4 is 5.73 Å². The fraction of sp³-hybridized carbons (Fsp3) is 0.583. The lowest BCUT2D eigenvalue weighted by Gasteiger charge is -2.42. The normalized spacial score (nSPS) is 23.8. The summed E-state index contributed by atoms with van der Waals surface area (Å²) in [6, 6.07) is 3.97. The highest BCUT2D eigenvalue weighted by molar-refractivity contribution is 9.11. The molecule has 1 unspecified atom stereocenters. The second kappa shape index (κ2) is 4.71. The van der Waals surface area contributed by atoms with E-state index in [-0.39, 0.29) is 17.4 Å². The third-order valence-corrected chi connectivity index (χ3v) is 5.00. The summed E-state index contributed by atoms with van der Waals surface area (Å²) in [5, 5.41) is 0. The van der Waals surface area contributed by atoms with Gasteiger partial charge in [-0.15, -0.1) is 11.3 Å². The van der Waals surface area contributed by atoms with Gasteiger partial charge in [0.05, 0.1) is 8.66 Å². The van der Waals surface area contributed by atoms with Crippen LogP contribution >= 0.6 is 27.3 Å². The summed E-state index contributed by atoms with van der Waals surface area (Å²) in [7, 11) is 0. The molecular formula is C12H17BrN2OS. The van der Waals surface area contributed by atoms with E-state index in [4.69, 9.17) is 5.73 Å². The minimum atomic E-state index is 0.00238. The fourth-order valence-electron chi connectivity index (χ4n) is 2.13. The van der Waals surface area contributed by atoms with Crippen LogP contribution in [0.15, 0.2) is 15.9 Å². The monoisotopic (exact) mass is 316 g/mol. The minimum Gasteiger partial charge on any atom is -0.337 e. The van der Waals surface area contributed by atoms with Gasteiger partial charge in [0.25, 0.3) is 5.91 Å². The fourth-order valence-corrected chi connectivity index (χ4v) is 3.49. The van der Waals surface area contributed by atoms with Crippen molar-refractivity contribution in [2.75, 3.05) is 13.1 Å². The molecule has 2 rings (SSSR count). The molecular weight excluding hydrogens is 300 g/mol. The van der Waals surface area contributed by atoms with Gasteiger partial charge in [0.2, 0.25) is 0 Å². The summed E-state index contributed by atoms with van der Waals surface area (Å²) in [5.74, 6) is 0.126. The third-order valence-electron chi connectivity index (χ3n) is 3.38. The average molecular weight is 317 g/mol. The van der Waals surface area contributed by atoms with Crippen molar-refractivity contribution in [2.45, 2.75) is 26.3 Å². The number of halogens is 1. The largest absolute Gasteiger partial charge is 0.337 e. The van der Waals surface area contributed by atoms with E-state index in [1.54, 1.807) is 0 Å². The van der Waals surface area contributed by atoms with Gasteiger partial charge in [-0.2, -0.15) is 0 Å². The van der Waals surface area contributed by atoms with E-state index in [1.807, 2.05) is 17.0 Å². The van der Waals surface area contributed by atoms with Crippen LogP contribution in [0.2, 0.25) is 0 Å². The summed E-state index contributed by atoms with van der Waals surface area (Å²) in [5.41, 5.74) is 6.08. The van der Waals surface area contributed by atoms with Gasteiger partial charge in [-0.3, -0.25) is 4.79 Å². The van der Waals surface area contributed by atoms with Gasteiger partial charge in [0.1, 0.15) is 0 Å². The minimum absolute atomic E-state index is 0.00238. The summed E-state index contributed by atoms with van der Waals surface area (Å²) in [6.07, 6.45) is 0.880. The van der Waals surface area contributed by atoms with E-state index in [1.165, 1.54) is 11.3 Å². The lowest BCUT2D eigenvalue weighted by molar-refractivity contribution is 0.0537. The average Bonchev–Trinajstić information content (AvgIpc) is 2.68. The first kappa shape index (κ1) is 13.1. The standard InChI is InChI=1S/C12H17BrN2OS/c1-12(2)7-15(6-5-9(12)14)11(16)8-3-4-10(13)17-8/h3-4,9H,5-7,14H2,1-2H3. The number of thiophene rings is 1. The highest BCUT2D eigenvalue weighted by Gasteiger charge is 2.35. The number of carbonyl (C=O) groups is 1. The molecule has 1 amide bonds. The van der Waals surface area contributed by atoms with E-state index in [0.29, 0.717) is 0 Å². The number of carbonyl (C=O) groups excluding carboxylic acids is 1. The molecule has 5 heteroatoms. The molecule has 0 bridgehead atoms. The molecule has 1 aromatic heterocycles. The van der Waals surface area contributed by atoms with Crippen LogP contribution in [0.25, 0.3) is 0 Å². The Morgan fingerprint density at radius 3 is 2.82 bits per heavy atom. The highest BCUT2D eigenvalue weighted by atomic mass is 79.9. The van der Waals surface area contributed by atoms with E-state index in [2.05, 4.69) is 29.8 Å². The Balaban J connectivity index is 2.11. The van der Waals surface area contributed by atoms with Crippen molar-refractivity contribution in [3.63, 3.8) is 0 Å². The van der Waals surface area contributed by atoms with Crippen LogP contribution in [0.1, 0.15) is 29.9 Å². The van der Waals surface area contributed by atoms with Crippen molar-refractivity contribution in [1.29, 1.82) is 0 Å². The Labute approximate surface area is 114 Å². The topological polar surface area (TPSA) is 46.3 Å². The molecule has 1 aliphatic heterocycles. The van der Waals surface area contributed by atoms with E-state index in [0.717, 1.165) is 28.2 Å². The number of hydrogen-bond donors (Lipinski definition) is 1.